The number of nitrogens with zero attached hydrogens (tertiary/aromatic N) is 2. The Kier molecular flexibility index (Phi) is 6.30. The first-order valence-electron chi connectivity index (χ1n) is 12.0. The highest BCUT2D eigenvalue weighted by Gasteiger charge is 2.48. The molecule has 1 N–H and O–H groups in total. The first-order valence-corrected chi connectivity index (χ1v) is 13.2. The van der Waals surface area contributed by atoms with Crippen molar-refractivity contribution < 1.29 is 14.0 Å². The molecule has 34 heavy (non-hydrogen) atoms. The van der Waals surface area contributed by atoms with Crippen molar-refractivity contribution >= 4 is 23.6 Å². The summed E-state index contributed by atoms with van der Waals surface area (Å²) in [5.41, 5.74) is 1.37. The van der Waals surface area contributed by atoms with E-state index in [9.17, 15) is 9.59 Å². The highest BCUT2D eigenvalue weighted by molar-refractivity contribution is 7.98. The molecule has 2 aromatic heterocycles. The second-order valence-corrected chi connectivity index (χ2v) is 10.4. The number of rotatable bonds is 6. The standard InChI is InChI=1S/C27H31N3O3S/c1-27(26(32)28-20-7-4-3-5-8-20)18-29-22(24-9-6-16-33-24)14-15-23(29)25(31)30(27)17-19-10-12-21(34-2)13-11-19/h6,9-16,20H,3-5,7-8,17-18H2,1-2H3,(H,28,32). The van der Waals surface area contributed by atoms with E-state index in [-0.39, 0.29) is 17.9 Å². The minimum absolute atomic E-state index is 0.0850. The third-order valence-electron chi connectivity index (χ3n) is 7.21. The van der Waals surface area contributed by atoms with E-state index in [1.807, 2.05) is 54.1 Å². The molecule has 5 rings (SSSR count). The summed E-state index contributed by atoms with van der Waals surface area (Å²) in [6.07, 6.45) is 9.16. The Morgan fingerprint density at radius 1 is 1.09 bits per heavy atom. The van der Waals surface area contributed by atoms with E-state index in [1.54, 1.807) is 22.9 Å². The largest absolute Gasteiger partial charge is 0.463 e. The number of amides is 2. The number of thioether (sulfide) groups is 1. The first kappa shape index (κ1) is 22.8. The highest BCUT2D eigenvalue weighted by atomic mass is 32.2. The van der Waals surface area contributed by atoms with Crippen LogP contribution in [0.3, 0.4) is 0 Å². The maximum absolute atomic E-state index is 13.8. The third kappa shape index (κ3) is 4.17. The summed E-state index contributed by atoms with van der Waals surface area (Å²) in [5, 5.41) is 3.29. The average Bonchev–Trinajstić information content (AvgIpc) is 3.53. The number of carbonyl (C=O) groups excluding carboxylic acids is 2. The van der Waals surface area contributed by atoms with Gasteiger partial charge in [0.1, 0.15) is 17.0 Å². The number of aromatic nitrogens is 1. The highest BCUT2D eigenvalue weighted by Crippen LogP contribution is 2.35. The van der Waals surface area contributed by atoms with E-state index in [4.69, 9.17) is 4.42 Å². The minimum atomic E-state index is -1.03. The molecule has 0 saturated heterocycles. The van der Waals surface area contributed by atoms with Gasteiger partial charge in [-0.1, -0.05) is 31.4 Å². The van der Waals surface area contributed by atoms with Crippen molar-refractivity contribution in [2.24, 2.45) is 0 Å². The van der Waals surface area contributed by atoms with Gasteiger partial charge in [-0.25, -0.2) is 0 Å². The van der Waals surface area contributed by atoms with E-state index in [1.165, 1.54) is 11.3 Å². The fourth-order valence-corrected chi connectivity index (χ4v) is 5.57. The van der Waals surface area contributed by atoms with Gasteiger partial charge in [-0.05, 0) is 68.0 Å². The van der Waals surface area contributed by atoms with Crippen LogP contribution >= 0.6 is 11.8 Å². The molecular formula is C27H31N3O3S. The lowest BCUT2D eigenvalue weighted by Crippen LogP contribution is -2.64. The minimum Gasteiger partial charge on any atom is -0.463 e. The zero-order chi connectivity index (χ0) is 23.7. The van der Waals surface area contributed by atoms with Crippen LogP contribution in [0.4, 0.5) is 0 Å². The van der Waals surface area contributed by atoms with Crippen LogP contribution in [0.25, 0.3) is 11.5 Å². The number of fused-ring (bicyclic) bond motifs is 1. The van der Waals surface area contributed by atoms with Crippen LogP contribution in [0.1, 0.15) is 55.1 Å². The van der Waals surface area contributed by atoms with E-state index in [2.05, 4.69) is 17.4 Å². The Morgan fingerprint density at radius 2 is 1.82 bits per heavy atom. The topological polar surface area (TPSA) is 67.5 Å². The summed E-state index contributed by atoms with van der Waals surface area (Å²) < 4.78 is 7.56. The van der Waals surface area contributed by atoms with Crippen LogP contribution in [0.15, 0.2) is 64.1 Å². The number of benzene rings is 1. The van der Waals surface area contributed by atoms with Crippen molar-refractivity contribution in [1.82, 2.24) is 14.8 Å². The lowest BCUT2D eigenvalue weighted by Gasteiger charge is -2.45. The van der Waals surface area contributed by atoms with E-state index in [0.29, 0.717) is 24.5 Å². The van der Waals surface area contributed by atoms with Crippen molar-refractivity contribution in [3.63, 3.8) is 0 Å². The van der Waals surface area contributed by atoms with Crippen molar-refractivity contribution in [3.05, 3.63) is 66.1 Å². The van der Waals surface area contributed by atoms with Gasteiger partial charge in [0.25, 0.3) is 5.91 Å². The van der Waals surface area contributed by atoms with Gasteiger partial charge in [0.05, 0.1) is 18.5 Å². The Labute approximate surface area is 204 Å². The Balaban J connectivity index is 1.51. The molecule has 0 spiro atoms. The van der Waals surface area contributed by atoms with Crippen LogP contribution in [0.5, 0.6) is 0 Å². The van der Waals surface area contributed by atoms with Gasteiger partial charge in [-0.2, -0.15) is 0 Å². The Hall–Kier alpha value is -2.93. The van der Waals surface area contributed by atoms with Crippen molar-refractivity contribution in [2.45, 2.75) is 68.6 Å². The quantitative estimate of drug-likeness (QED) is 0.487. The molecule has 3 aromatic rings. The smallest absolute Gasteiger partial charge is 0.271 e. The molecule has 1 aromatic carbocycles. The predicted octanol–water partition coefficient (Wildman–Crippen LogP) is 5.33. The number of hydrogen-bond donors (Lipinski definition) is 1. The Morgan fingerprint density at radius 3 is 2.50 bits per heavy atom. The zero-order valence-corrected chi connectivity index (χ0v) is 20.6. The van der Waals surface area contributed by atoms with Crippen LogP contribution in [0, 0.1) is 0 Å². The van der Waals surface area contributed by atoms with Gasteiger partial charge < -0.3 is 19.2 Å². The van der Waals surface area contributed by atoms with Crippen LogP contribution in [-0.4, -0.2) is 39.1 Å². The van der Waals surface area contributed by atoms with Crippen molar-refractivity contribution in [3.8, 4) is 11.5 Å². The SMILES string of the molecule is CSc1ccc(CN2C(=O)c3ccc(-c4ccco4)n3CC2(C)C(=O)NC2CCCCC2)cc1. The van der Waals surface area contributed by atoms with E-state index >= 15 is 0 Å². The zero-order valence-electron chi connectivity index (χ0n) is 19.8. The summed E-state index contributed by atoms with van der Waals surface area (Å²) in [5.74, 6) is 0.465. The van der Waals surface area contributed by atoms with E-state index in [0.717, 1.165) is 36.9 Å². The molecule has 7 heteroatoms. The van der Waals surface area contributed by atoms with Gasteiger partial charge in [-0.15, -0.1) is 11.8 Å². The molecule has 1 atom stereocenters. The Bertz CT molecular complexity index is 1160. The van der Waals surface area contributed by atoms with Crippen molar-refractivity contribution in [1.29, 1.82) is 0 Å². The van der Waals surface area contributed by atoms with Gasteiger partial charge in [-0.3, -0.25) is 9.59 Å². The third-order valence-corrected chi connectivity index (χ3v) is 7.95. The number of furan rings is 1. The lowest BCUT2D eigenvalue weighted by molar-refractivity contribution is -0.134. The average molecular weight is 478 g/mol. The molecule has 2 aliphatic rings. The number of nitrogens with one attached hydrogen (secondary N) is 1. The molecule has 1 unspecified atom stereocenters. The van der Waals surface area contributed by atoms with Crippen LogP contribution in [-0.2, 0) is 17.9 Å². The molecule has 1 saturated carbocycles. The van der Waals surface area contributed by atoms with Crippen LogP contribution < -0.4 is 5.32 Å². The molecule has 6 nitrogen and oxygen atoms in total. The lowest BCUT2D eigenvalue weighted by atomic mass is 9.91. The van der Waals surface area contributed by atoms with Crippen molar-refractivity contribution in [2.75, 3.05) is 6.26 Å². The first-order chi connectivity index (χ1) is 16.5. The molecule has 1 fully saturated rings. The molecule has 0 bridgehead atoms. The summed E-state index contributed by atoms with van der Waals surface area (Å²) in [6.45, 7) is 2.65. The maximum Gasteiger partial charge on any atom is 0.271 e. The van der Waals surface area contributed by atoms with Gasteiger partial charge in [0.15, 0.2) is 0 Å². The van der Waals surface area contributed by atoms with Gasteiger partial charge >= 0.3 is 0 Å². The van der Waals surface area contributed by atoms with Crippen LogP contribution in [0.2, 0.25) is 0 Å². The molecule has 2 amide bonds. The summed E-state index contributed by atoms with van der Waals surface area (Å²) in [4.78, 5) is 30.6. The number of carbonyl (C=O) groups is 2. The molecule has 178 valence electrons. The normalized spacial score (nSPS) is 20.9. The second-order valence-electron chi connectivity index (χ2n) is 9.49. The number of hydrogen-bond acceptors (Lipinski definition) is 4. The molecule has 0 radical (unpaired) electrons. The van der Waals surface area contributed by atoms with Gasteiger partial charge in [0, 0.05) is 17.5 Å². The summed E-state index contributed by atoms with van der Waals surface area (Å²) in [7, 11) is 0. The molecule has 1 aliphatic heterocycles. The summed E-state index contributed by atoms with van der Waals surface area (Å²) >= 11 is 1.68. The fraction of sp³-hybridized carbons (Fsp3) is 0.407. The monoisotopic (exact) mass is 477 g/mol. The summed E-state index contributed by atoms with van der Waals surface area (Å²) in [6, 6.07) is 15.8. The molecule has 3 heterocycles. The maximum atomic E-state index is 13.8. The van der Waals surface area contributed by atoms with E-state index < -0.39 is 5.54 Å². The fourth-order valence-electron chi connectivity index (χ4n) is 5.16. The molecular weight excluding hydrogens is 446 g/mol. The molecule has 1 aliphatic carbocycles. The van der Waals surface area contributed by atoms with Gasteiger partial charge in [0.2, 0.25) is 5.91 Å². The predicted molar refractivity (Wildman–Crippen MR) is 134 cm³/mol. The second kappa shape index (κ2) is 9.37.